The maximum atomic E-state index is 12.7. The molecular weight excluding hydrogens is 322 g/mol. The van der Waals surface area contributed by atoms with E-state index in [1.54, 1.807) is 6.08 Å². The third-order valence-electron chi connectivity index (χ3n) is 5.00. The maximum Gasteiger partial charge on any atom is 0.190 e. The predicted molar refractivity (Wildman–Crippen MR) is 106 cm³/mol. The molecule has 132 valence electrons. The van der Waals surface area contributed by atoms with Crippen LogP contribution in [0.2, 0.25) is 0 Å². The lowest BCUT2D eigenvalue weighted by molar-refractivity contribution is 0.104. The lowest BCUT2D eigenvalue weighted by atomic mass is 9.90. The Kier molecular flexibility index (Phi) is 4.37. The summed E-state index contributed by atoms with van der Waals surface area (Å²) in [7, 11) is 0. The van der Waals surface area contributed by atoms with E-state index < -0.39 is 0 Å². The number of allylic oxidation sites excluding steroid dienone is 2. The number of hydrogen-bond donors (Lipinski definition) is 0. The zero-order chi connectivity index (χ0) is 18.1. The van der Waals surface area contributed by atoms with E-state index in [4.69, 9.17) is 4.74 Å². The molecule has 0 fully saturated rings. The molecule has 0 amide bonds. The number of para-hydroxylation sites is 1. The number of benzene rings is 2. The van der Waals surface area contributed by atoms with Crippen LogP contribution in [-0.4, -0.2) is 12.4 Å². The average Bonchev–Trinajstić information content (AvgIpc) is 3.10. The molecule has 3 nitrogen and oxygen atoms in total. The Morgan fingerprint density at radius 2 is 1.92 bits per heavy atom. The van der Waals surface area contributed by atoms with Crippen LogP contribution in [0.5, 0.6) is 5.75 Å². The zero-order valence-electron chi connectivity index (χ0n) is 15.3. The van der Waals surface area contributed by atoms with Crippen molar-refractivity contribution in [2.45, 2.75) is 33.2 Å². The molecule has 3 heteroatoms. The summed E-state index contributed by atoms with van der Waals surface area (Å²) in [4.78, 5) is 14.9. The molecule has 2 aromatic rings. The van der Waals surface area contributed by atoms with Gasteiger partial charge in [-0.15, -0.1) is 0 Å². The molecule has 0 saturated carbocycles. The molecule has 0 radical (unpaired) electrons. The van der Waals surface area contributed by atoms with Crippen LogP contribution in [0, 0.1) is 0 Å². The van der Waals surface area contributed by atoms with Crippen molar-refractivity contribution in [2.24, 2.45) is 0 Å². The molecule has 2 aromatic carbocycles. The third kappa shape index (κ3) is 2.64. The van der Waals surface area contributed by atoms with Crippen LogP contribution in [0.15, 0.2) is 42.5 Å². The Morgan fingerprint density at radius 1 is 1.12 bits per heavy atom. The summed E-state index contributed by atoms with van der Waals surface area (Å²) >= 11 is 0. The highest BCUT2D eigenvalue weighted by Gasteiger charge is 2.26. The minimum Gasteiger partial charge on any atom is -0.492 e. The topological polar surface area (TPSA) is 29.5 Å². The molecule has 0 aromatic heterocycles. The molecule has 0 bridgehead atoms. The first kappa shape index (κ1) is 16.6. The molecule has 1 heterocycles. The number of rotatable bonds is 5. The van der Waals surface area contributed by atoms with Crippen molar-refractivity contribution < 1.29 is 9.53 Å². The maximum absolute atomic E-state index is 12.7. The van der Waals surface area contributed by atoms with Gasteiger partial charge in [-0.25, -0.2) is 0 Å². The van der Waals surface area contributed by atoms with E-state index in [9.17, 15) is 4.79 Å². The number of nitrogens with zero attached hydrogens (tertiary/aromatic N) is 1. The molecule has 2 aliphatic rings. The van der Waals surface area contributed by atoms with Gasteiger partial charge < -0.3 is 9.64 Å². The van der Waals surface area contributed by atoms with Crippen molar-refractivity contribution >= 4 is 23.7 Å². The minimum absolute atomic E-state index is 0.0395. The van der Waals surface area contributed by atoms with Gasteiger partial charge in [0.2, 0.25) is 0 Å². The van der Waals surface area contributed by atoms with Crippen molar-refractivity contribution in [3.05, 3.63) is 69.6 Å². The van der Waals surface area contributed by atoms with Crippen LogP contribution in [0.3, 0.4) is 0 Å². The molecular formula is C23H23NO2. The SMILES string of the molecule is CCCc1c2c(c(OCC)c3c1=CC=CC3=O)=CN(c1ccccc1)C2. The average molecular weight is 345 g/mol. The lowest BCUT2D eigenvalue weighted by Crippen LogP contribution is -2.30. The van der Waals surface area contributed by atoms with Crippen LogP contribution >= 0.6 is 0 Å². The summed E-state index contributed by atoms with van der Waals surface area (Å²) in [5.41, 5.74) is 4.45. The van der Waals surface area contributed by atoms with Crippen molar-refractivity contribution in [3.8, 4) is 5.75 Å². The van der Waals surface area contributed by atoms with E-state index in [0.717, 1.165) is 46.8 Å². The van der Waals surface area contributed by atoms with Crippen LogP contribution < -0.4 is 20.1 Å². The Labute approximate surface area is 153 Å². The van der Waals surface area contributed by atoms with Gasteiger partial charge >= 0.3 is 0 Å². The smallest absolute Gasteiger partial charge is 0.190 e. The summed E-state index contributed by atoms with van der Waals surface area (Å²) in [6, 6.07) is 10.4. The monoisotopic (exact) mass is 345 g/mol. The van der Waals surface area contributed by atoms with E-state index in [1.165, 1.54) is 11.1 Å². The number of ether oxygens (including phenoxy) is 1. The number of carbonyl (C=O) groups is 1. The lowest BCUT2D eigenvalue weighted by Gasteiger charge is -2.19. The standard InChI is InChI=1S/C23H23NO2/c1-3-9-17-18-12-8-13-21(25)22(18)23(26-4-2)20-15-24(14-19(17)20)16-10-6-5-7-11-16/h5-8,10-13,15H,3-4,9,14H2,1-2H3. The highest BCUT2D eigenvalue weighted by Crippen LogP contribution is 2.26. The van der Waals surface area contributed by atoms with Crippen molar-refractivity contribution in [2.75, 3.05) is 11.5 Å². The second kappa shape index (κ2) is 6.83. The number of carbonyl (C=O) groups excluding carboxylic acids is 1. The first-order valence-corrected chi connectivity index (χ1v) is 9.31. The fourth-order valence-electron chi connectivity index (χ4n) is 3.92. The fraction of sp³-hybridized carbons (Fsp3) is 0.261. The van der Waals surface area contributed by atoms with Gasteiger partial charge in [0.15, 0.2) is 5.78 Å². The Balaban J connectivity index is 1.99. The van der Waals surface area contributed by atoms with Gasteiger partial charge in [-0.2, -0.15) is 0 Å². The normalized spacial score (nSPS) is 14.5. The van der Waals surface area contributed by atoms with Gasteiger partial charge in [-0.05, 0) is 47.9 Å². The van der Waals surface area contributed by atoms with Crippen molar-refractivity contribution in [1.29, 1.82) is 0 Å². The second-order valence-corrected chi connectivity index (χ2v) is 6.65. The van der Waals surface area contributed by atoms with Crippen LogP contribution in [0.25, 0.3) is 12.3 Å². The minimum atomic E-state index is 0.0395. The van der Waals surface area contributed by atoms with E-state index in [0.29, 0.717) is 6.61 Å². The molecule has 0 saturated heterocycles. The van der Waals surface area contributed by atoms with E-state index in [2.05, 4.69) is 48.4 Å². The second-order valence-electron chi connectivity index (χ2n) is 6.65. The van der Waals surface area contributed by atoms with Gasteiger partial charge in [-0.1, -0.05) is 43.7 Å². The highest BCUT2D eigenvalue weighted by molar-refractivity contribution is 6.09. The highest BCUT2D eigenvalue weighted by atomic mass is 16.5. The number of anilines is 1. The Hall–Kier alpha value is -2.81. The molecule has 0 atom stereocenters. The molecule has 26 heavy (non-hydrogen) atoms. The largest absolute Gasteiger partial charge is 0.492 e. The summed E-state index contributed by atoms with van der Waals surface area (Å²) < 4.78 is 6.00. The third-order valence-corrected chi connectivity index (χ3v) is 5.00. The first-order valence-electron chi connectivity index (χ1n) is 9.31. The number of ketones is 1. The van der Waals surface area contributed by atoms with Crippen molar-refractivity contribution in [1.82, 2.24) is 0 Å². The van der Waals surface area contributed by atoms with E-state index >= 15 is 0 Å². The summed E-state index contributed by atoms with van der Waals surface area (Å²) in [6.07, 6.45) is 9.71. The molecule has 4 rings (SSSR count). The van der Waals surface area contributed by atoms with Gasteiger partial charge in [0.05, 0.1) is 12.2 Å². The van der Waals surface area contributed by atoms with E-state index in [1.807, 2.05) is 19.1 Å². The Bertz CT molecular complexity index is 1000. The molecule has 0 spiro atoms. The Morgan fingerprint density at radius 3 is 2.65 bits per heavy atom. The molecule has 1 aliphatic heterocycles. The zero-order valence-corrected chi connectivity index (χ0v) is 15.3. The molecule has 1 aliphatic carbocycles. The van der Waals surface area contributed by atoms with E-state index in [-0.39, 0.29) is 5.78 Å². The molecule has 0 unspecified atom stereocenters. The van der Waals surface area contributed by atoms with Crippen molar-refractivity contribution in [3.63, 3.8) is 0 Å². The van der Waals surface area contributed by atoms with Crippen LogP contribution in [0.4, 0.5) is 5.69 Å². The predicted octanol–water partition coefficient (Wildman–Crippen LogP) is 3.33. The van der Waals surface area contributed by atoms with Gasteiger partial charge in [0, 0.05) is 23.7 Å². The molecule has 0 N–H and O–H groups in total. The summed E-state index contributed by atoms with van der Waals surface area (Å²) in [5.74, 6) is 0.777. The quantitative estimate of drug-likeness (QED) is 0.832. The van der Waals surface area contributed by atoms with Crippen LogP contribution in [0.1, 0.15) is 41.8 Å². The fourth-order valence-corrected chi connectivity index (χ4v) is 3.92. The first-order chi connectivity index (χ1) is 12.7. The van der Waals surface area contributed by atoms with Gasteiger partial charge in [0.1, 0.15) is 5.75 Å². The van der Waals surface area contributed by atoms with Crippen LogP contribution in [-0.2, 0) is 13.0 Å². The van der Waals surface area contributed by atoms with Gasteiger partial charge in [-0.3, -0.25) is 4.79 Å². The number of hydrogen-bond acceptors (Lipinski definition) is 3. The summed E-state index contributed by atoms with van der Waals surface area (Å²) in [6.45, 7) is 5.51. The van der Waals surface area contributed by atoms with Gasteiger partial charge in [0.25, 0.3) is 0 Å². The summed E-state index contributed by atoms with van der Waals surface area (Å²) in [5, 5.41) is 2.11. The number of fused-ring (bicyclic) bond motifs is 2.